The largest absolute Gasteiger partial charge is 0.385 e. The van der Waals surface area contributed by atoms with Crippen molar-refractivity contribution in [2.75, 3.05) is 39.8 Å². The van der Waals surface area contributed by atoms with Crippen LogP contribution in [0.3, 0.4) is 0 Å². The molecule has 2 aromatic carbocycles. The minimum Gasteiger partial charge on any atom is -0.385 e. The fraction of sp³-hybridized carbons (Fsp3) is 0.481. The molecule has 1 heterocycles. The molecule has 0 radical (unpaired) electrons. The third kappa shape index (κ3) is 5.78. The molecule has 1 aliphatic heterocycles. The van der Waals surface area contributed by atoms with Gasteiger partial charge >= 0.3 is 0 Å². The summed E-state index contributed by atoms with van der Waals surface area (Å²) in [7, 11) is 2.20. The van der Waals surface area contributed by atoms with Gasteiger partial charge in [0.2, 0.25) is 0 Å². The van der Waals surface area contributed by atoms with E-state index in [1.165, 1.54) is 17.6 Å². The predicted molar refractivity (Wildman–Crippen MR) is 130 cm³/mol. The second kappa shape index (κ2) is 10.3. The van der Waals surface area contributed by atoms with Crippen molar-refractivity contribution in [2.24, 2.45) is 5.92 Å². The van der Waals surface area contributed by atoms with Crippen molar-refractivity contribution < 1.29 is 5.11 Å². The van der Waals surface area contributed by atoms with Crippen molar-refractivity contribution in [2.45, 2.75) is 37.7 Å². The van der Waals surface area contributed by atoms with Gasteiger partial charge in [0.15, 0.2) is 0 Å². The van der Waals surface area contributed by atoms with E-state index < -0.39 is 5.60 Å². The van der Waals surface area contributed by atoms with E-state index in [0.717, 1.165) is 62.6 Å². The highest BCUT2D eigenvalue weighted by molar-refractivity contribution is 6.30. The van der Waals surface area contributed by atoms with Crippen LogP contribution in [-0.2, 0) is 6.42 Å². The first-order valence-corrected chi connectivity index (χ1v) is 12.0. The van der Waals surface area contributed by atoms with Gasteiger partial charge in [-0.15, -0.1) is 0 Å². The molecule has 2 aromatic rings. The van der Waals surface area contributed by atoms with Crippen LogP contribution in [0, 0.1) is 5.92 Å². The fourth-order valence-electron chi connectivity index (χ4n) is 5.13. The number of benzene rings is 2. The lowest BCUT2D eigenvalue weighted by atomic mass is 9.74. The Hall–Kier alpha value is -1.65. The Morgan fingerprint density at radius 1 is 1.00 bits per heavy atom. The summed E-state index contributed by atoms with van der Waals surface area (Å²) in [6.45, 7) is 5.34. The average Bonchev–Trinajstić information content (AvgIpc) is 2.92. The SMILES string of the molecule is CN1CCN(CC2CCCCC(=Cc3ccccc3)C2(O)Cc2ccc(Cl)cc2)CC1. The maximum Gasteiger partial charge on any atom is 0.0940 e. The third-order valence-corrected chi connectivity index (χ3v) is 7.33. The van der Waals surface area contributed by atoms with E-state index in [0.29, 0.717) is 6.42 Å². The van der Waals surface area contributed by atoms with Crippen LogP contribution in [0.1, 0.15) is 36.8 Å². The molecule has 1 saturated heterocycles. The van der Waals surface area contributed by atoms with Crippen molar-refractivity contribution in [3.63, 3.8) is 0 Å². The Kier molecular flexibility index (Phi) is 7.50. The monoisotopic (exact) mass is 438 g/mol. The van der Waals surface area contributed by atoms with Gasteiger partial charge in [0.1, 0.15) is 0 Å². The second-order valence-electron chi connectivity index (χ2n) is 9.35. The lowest BCUT2D eigenvalue weighted by molar-refractivity contribution is -0.00643. The van der Waals surface area contributed by atoms with Crippen LogP contribution in [0.25, 0.3) is 6.08 Å². The summed E-state index contributed by atoms with van der Waals surface area (Å²) >= 11 is 6.14. The molecule has 1 N–H and O–H groups in total. The summed E-state index contributed by atoms with van der Waals surface area (Å²) in [6, 6.07) is 18.5. The quantitative estimate of drug-likeness (QED) is 0.655. The zero-order chi connectivity index (χ0) is 21.7. The van der Waals surface area contributed by atoms with E-state index in [1.54, 1.807) is 0 Å². The van der Waals surface area contributed by atoms with Gasteiger partial charge in [-0.1, -0.05) is 66.6 Å². The minimum absolute atomic E-state index is 0.226. The first kappa shape index (κ1) is 22.5. The molecule has 0 spiro atoms. The maximum atomic E-state index is 12.4. The topological polar surface area (TPSA) is 26.7 Å². The number of piperazine rings is 1. The van der Waals surface area contributed by atoms with Crippen molar-refractivity contribution in [3.8, 4) is 0 Å². The lowest BCUT2D eigenvalue weighted by Gasteiger charge is -2.42. The van der Waals surface area contributed by atoms with Crippen molar-refractivity contribution in [3.05, 3.63) is 76.3 Å². The highest BCUT2D eigenvalue weighted by Crippen LogP contribution is 2.41. The maximum absolute atomic E-state index is 12.4. The van der Waals surface area contributed by atoms with Crippen molar-refractivity contribution in [1.82, 2.24) is 9.80 Å². The van der Waals surface area contributed by atoms with Gasteiger partial charge in [-0.25, -0.2) is 0 Å². The molecule has 3 nitrogen and oxygen atoms in total. The van der Waals surface area contributed by atoms with E-state index in [4.69, 9.17) is 11.6 Å². The highest BCUT2D eigenvalue weighted by atomic mass is 35.5. The first-order chi connectivity index (χ1) is 15.0. The van der Waals surface area contributed by atoms with Crippen LogP contribution in [0.2, 0.25) is 5.02 Å². The summed E-state index contributed by atoms with van der Waals surface area (Å²) < 4.78 is 0. The smallest absolute Gasteiger partial charge is 0.0940 e. The van der Waals surface area contributed by atoms with Gasteiger partial charge in [-0.2, -0.15) is 0 Å². The average molecular weight is 439 g/mol. The van der Waals surface area contributed by atoms with Crippen LogP contribution >= 0.6 is 11.6 Å². The molecule has 4 heteroatoms. The van der Waals surface area contributed by atoms with Gasteiger partial charge in [-0.05, 0) is 55.1 Å². The summed E-state index contributed by atoms with van der Waals surface area (Å²) in [6.07, 6.45) is 7.23. The Balaban J connectivity index is 1.66. The van der Waals surface area contributed by atoms with Crippen LogP contribution in [0.15, 0.2) is 60.2 Å². The molecule has 1 saturated carbocycles. The van der Waals surface area contributed by atoms with Gasteiger partial charge in [0, 0.05) is 50.1 Å². The molecular weight excluding hydrogens is 404 g/mol. The second-order valence-corrected chi connectivity index (χ2v) is 9.79. The van der Waals surface area contributed by atoms with Crippen LogP contribution < -0.4 is 0 Å². The van der Waals surface area contributed by atoms with Gasteiger partial charge in [0.25, 0.3) is 0 Å². The number of likely N-dealkylation sites (N-methyl/N-ethyl adjacent to an activating group) is 1. The Bertz CT molecular complexity index is 859. The number of hydrogen-bond acceptors (Lipinski definition) is 3. The zero-order valence-electron chi connectivity index (χ0n) is 18.6. The molecular formula is C27H35ClN2O. The van der Waals surface area contributed by atoms with E-state index >= 15 is 0 Å². The number of halogens is 1. The lowest BCUT2D eigenvalue weighted by Crippen LogP contribution is -2.51. The molecule has 31 heavy (non-hydrogen) atoms. The molecule has 4 rings (SSSR count). The third-order valence-electron chi connectivity index (χ3n) is 7.08. The van der Waals surface area contributed by atoms with E-state index in [2.05, 4.69) is 59.3 Å². The summed E-state index contributed by atoms with van der Waals surface area (Å²) in [5.74, 6) is 0.226. The summed E-state index contributed by atoms with van der Waals surface area (Å²) in [5.41, 5.74) is 2.66. The van der Waals surface area contributed by atoms with Crippen molar-refractivity contribution in [1.29, 1.82) is 0 Å². The van der Waals surface area contributed by atoms with Gasteiger partial charge in [0.05, 0.1) is 5.60 Å². The summed E-state index contributed by atoms with van der Waals surface area (Å²) in [4.78, 5) is 4.95. The van der Waals surface area contributed by atoms with Crippen LogP contribution in [-0.4, -0.2) is 60.3 Å². The molecule has 1 aliphatic carbocycles. The molecule has 0 aromatic heterocycles. The number of hydrogen-bond donors (Lipinski definition) is 1. The Morgan fingerprint density at radius 2 is 1.71 bits per heavy atom. The first-order valence-electron chi connectivity index (χ1n) is 11.7. The van der Waals surface area contributed by atoms with E-state index in [9.17, 15) is 5.11 Å². The van der Waals surface area contributed by atoms with Crippen LogP contribution in [0.4, 0.5) is 0 Å². The standard InChI is InChI=1S/C27H35ClN2O/c1-29-15-17-30(18-16-29)21-25-10-6-5-9-24(19-22-7-3-2-4-8-22)27(25,31)20-23-11-13-26(28)14-12-23/h2-4,7-8,11-14,19,25,31H,5-6,9-10,15-18,20-21H2,1H3. The number of rotatable bonds is 5. The molecule has 0 amide bonds. The Morgan fingerprint density at radius 3 is 2.42 bits per heavy atom. The minimum atomic E-state index is -0.844. The normalized spacial score (nSPS) is 27.3. The van der Waals surface area contributed by atoms with Crippen LogP contribution in [0.5, 0.6) is 0 Å². The van der Waals surface area contributed by atoms with Crippen molar-refractivity contribution >= 4 is 17.7 Å². The highest BCUT2D eigenvalue weighted by Gasteiger charge is 2.42. The molecule has 2 fully saturated rings. The number of nitrogens with zero attached hydrogens (tertiary/aromatic N) is 2. The zero-order valence-corrected chi connectivity index (χ0v) is 19.4. The predicted octanol–water partition coefficient (Wildman–Crippen LogP) is 5.13. The van der Waals surface area contributed by atoms with Gasteiger partial charge in [-0.3, -0.25) is 0 Å². The molecule has 166 valence electrons. The van der Waals surface area contributed by atoms with E-state index in [1.807, 2.05) is 18.2 Å². The fourth-order valence-corrected chi connectivity index (χ4v) is 5.25. The molecule has 0 bridgehead atoms. The Labute approximate surface area is 192 Å². The molecule has 2 atom stereocenters. The van der Waals surface area contributed by atoms with Gasteiger partial charge < -0.3 is 14.9 Å². The molecule has 2 unspecified atom stereocenters. The number of aliphatic hydroxyl groups is 1. The van der Waals surface area contributed by atoms with E-state index in [-0.39, 0.29) is 5.92 Å². The molecule has 2 aliphatic rings. The summed E-state index contributed by atoms with van der Waals surface area (Å²) in [5, 5.41) is 13.1.